The summed E-state index contributed by atoms with van der Waals surface area (Å²) in [5, 5.41) is 6.40. The number of hydrogen-bond donors (Lipinski definition) is 2. The van der Waals surface area contributed by atoms with Gasteiger partial charge in [0.25, 0.3) is 10.9 Å². The lowest BCUT2D eigenvalue weighted by Gasteiger charge is -2.52. The van der Waals surface area contributed by atoms with E-state index in [9.17, 15) is 35.9 Å². The first-order chi connectivity index (χ1) is 20.3. The molecule has 0 spiro atoms. The number of fused-ring (bicyclic) bond motifs is 4. The normalized spacial score (nSPS) is 22.9. The number of benzene rings is 2. The van der Waals surface area contributed by atoms with Crippen molar-refractivity contribution in [3.63, 3.8) is 0 Å². The molecule has 0 radical (unpaired) electrons. The smallest absolute Gasteiger partial charge is 0.372 e. The number of pyridine rings is 1. The molecule has 1 unspecified atom stereocenters. The van der Waals surface area contributed by atoms with Gasteiger partial charge in [-0.05, 0) is 67.1 Å². The van der Waals surface area contributed by atoms with Crippen LogP contribution in [-0.2, 0) is 12.4 Å². The summed E-state index contributed by atoms with van der Waals surface area (Å²) in [5.41, 5.74) is -4.71. The molecule has 4 heterocycles. The Bertz CT molecular complexity index is 1740. The van der Waals surface area contributed by atoms with Crippen LogP contribution in [0.4, 0.5) is 43.4 Å². The summed E-state index contributed by atoms with van der Waals surface area (Å²) in [4.78, 5) is 32.3. The van der Waals surface area contributed by atoms with Gasteiger partial charge < -0.3 is 10.6 Å². The quantitative estimate of drug-likeness (QED) is 0.140. The molecule has 7 rings (SSSR count). The second-order valence-corrected chi connectivity index (χ2v) is 11.1. The predicted octanol–water partition coefficient (Wildman–Crippen LogP) is 6.66. The van der Waals surface area contributed by atoms with Crippen LogP contribution in [0.25, 0.3) is 10.9 Å². The largest absolute Gasteiger partial charge is 0.416 e. The Morgan fingerprint density at radius 3 is 2.26 bits per heavy atom. The van der Waals surface area contributed by atoms with Crippen LogP contribution in [-0.4, -0.2) is 29.0 Å². The van der Waals surface area contributed by atoms with Gasteiger partial charge in [-0.15, -0.1) is 6.58 Å². The van der Waals surface area contributed by atoms with Crippen LogP contribution in [0, 0.1) is 11.8 Å². The Morgan fingerprint density at radius 1 is 0.953 bits per heavy atom. The van der Waals surface area contributed by atoms with Crippen molar-refractivity contribution in [2.75, 3.05) is 23.7 Å². The number of halogens is 6. The van der Waals surface area contributed by atoms with Crippen LogP contribution in [0.5, 0.6) is 0 Å². The molecule has 224 valence electrons. The van der Waals surface area contributed by atoms with E-state index in [0.29, 0.717) is 29.5 Å². The fourth-order valence-electron chi connectivity index (χ4n) is 6.47. The number of rotatable bonds is 7. The highest BCUT2D eigenvalue weighted by Crippen LogP contribution is 2.44. The Labute approximate surface area is 241 Å². The minimum absolute atomic E-state index is 0.000122. The van der Waals surface area contributed by atoms with Crippen molar-refractivity contribution in [3.05, 3.63) is 105 Å². The van der Waals surface area contributed by atoms with Crippen LogP contribution < -0.4 is 21.5 Å². The lowest BCUT2D eigenvalue weighted by molar-refractivity contribution is -0.143. The fourth-order valence-corrected chi connectivity index (χ4v) is 6.47. The molecule has 2 N–H and O–H groups in total. The van der Waals surface area contributed by atoms with E-state index in [0.717, 1.165) is 36.9 Å². The summed E-state index contributed by atoms with van der Waals surface area (Å²) < 4.78 is 80.7. The van der Waals surface area contributed by atoms with E-state index in [2.05, 4.69) is 27.1 Å². The van der Waals surface area contributed by atoms with Crippen LogP contribution in [0.1, 0.15) is 35.6 Å². The van der Waals surface area contributed by atoms with E-state index in [-0.39, 0.29) is 23.5 Å². The first-order valence-electron chi connectivity index (χ1n) is 13.7. The van der Waals surface area contributed by atoms with Crippen molar-refractivity contribution in [2.45, 2.75) is 37.3 Å². The van der Waals surface area contributed by atoms with Gasteiger partial charge in [0.1, 0.15) is 11.4 Å². The molecule has 3 fully saturated rings. The maximum Gasteiger partial charge on any atom is 0.416 e. The molecule has 43 heavy (non-hydrogen) atoms. The van der Waals surface area contributed by atoms with Gasteiger partial charge in [-0.25, -0.2) is 0 Å². The molecular weight excluding hydrogens is 574 g/mol. The Kier molecular flexibility index (Phi) is 7.07. The van der Waals surface area contributed by atoms with E-state index >= 15 is 0 Å². The topological polar surface area (TPSA) is 74.3 Å². The number of alkyl halides is 6. The number of anilines is 3. The van der Waals surface area contributed by atoms with Crippen molar-refractivity contribution in [3.8, 4) is 0 Å². The third kappa shape index (κ3) is 5.28. The van der Waals surface area contributed by atoms with Crippen LogP contribution in [0.15, 0.2) is 77.0 Å². The SMILES string of the molecule is C=C[C@H]1CN2CC[C@H]1C[C@@H]2[C@H](Nc1c(Nc2cc(C(F)(F)F)cc(C(F)(F)F)c2)c(=O)c1=O)c1ccnc2ccccc12. The zero-order chi connectivity index (χ0) is 30.7. The molecule has 4 aromatic rings. The molecule has 1 aromatic heterocycles. The van der Waals surface area contributed by atoms with E-state index in [1.807, 2.05) is 36.4 Å². The summed E-state index contributed by atoms with van der Waals surface area (Å²) in [6.45, 7) is 5.52. The van der Waals surface area contributed by atoms with Gasteiger partial charge >= 0.3 is 12.4 Å². The highest BCUT2D eigenvalue weighted by molar-refractivity contribution is 5.84. The summed E-state index contributed by atoms with van der Waals surface area (Å²) >= 11 is 0. The molecule has 3 saturated heterocycles. The Hall–Kier alpha value is -4.19. The molecule has 2 bridgehead atoms. The van der Waals surface area contributed by atoms with Crippen molar-refractivity contribution in [1.82, 2.24) is 9.88 Å². The van der Waals surface area contributed by atoms with Gasteiger partial charge in [0.2, 0.25) is 0 Å². The third-order valence-corrected chi connectivity index (χ3v) is 8.62. The molecule has 12 heteroatoms. The van der Waals surface area contributed by atoms with E-state index in [1.54, 1.807) is 6.20 Å². The van der Waals surface area contributed by atoms with Crippen molar-refractivity contribution < 1.29 is 26.3 Å². The minimum atomic E-state index is -5.07. The van der Waals surface area contributed by atoms with Gasteiger partial charge in [-0.1, -0.05) is 24.3 Å². The van der Waals surface area contributed by atoms with E-state index in [4.69, 9.17) is 0 Å². The summed E-state index contributed by atoms with van der Waals surface area (Å²) in [6.07, 6.45) is -4.83. The summed E-state index contributed by atoms with van der Waals surface area (Å²) in [6, 6.07) is 9.52. The first-order valence-corrected chi connectivity index (χ1v) is 13.7. The van der Waals surface area contributed by atoms with Crippen molar-refractivity contribution in [2.24, 2.45) is 11.8 Å². The van der Waals surface area contributed by atoms with Gasteiger partial charge in [0.15, 0.2) is 0 Å². The Balaban J connectivity index is 1.41. The molecule has 3 aliphatic heterocycles. The summed E-state index contributed by atoms with van der Waals surface area (Å²) in [5.74, 6) is 0.646. The number of nitrogens with one attached hydrogen (secondary N) is 2. The van der Waals surface area contributed by atoms with Crippen LogP contribution in [0.2, 0.25) is 0 Å². The average Bonchev–Trinajstić information content (AvgIpc) is 2.99. The molecule has 5 atom stereocenters. The van der Waals surface area contributed by atoms with Crippen molar-refractivity contribution in [1.29, 1.82) is 0 Å². The molecular formula is C31H26F6N4O2. The highest BCUT2D eigenvalue weighted by atomic mass is 19.4. The number of aromatic nitrogens is 1. The zero-order valence-corrected chi connectivity index (χ0v) is 22.6. The van der Waals surface area contributed by atoms with Crippen LogP contribution in [0.3, 0.4) is 0 Å². The molecule has 6 nitrogen and oxygen atoms in total. The lowest BCUT2D eigenvalue weighted by atomic mass is 9.73. The second kappa shape index (κ2) is 10.5. The zero-order valence-electron chi connectivity index (χ0n) is 22.6. The first kappa shape index (κ1) is 28.9. The molecule has 0 amide bonds. The average molecular weight is 601 g/mol. The molecule has 3 aromatic carbocycles. The summed E-state index contributed by atoms with van der Waals surface area (Å²) in [7, 11) is 0. The number of para-hydroxylation sites is 1. The van der Waals surface area contributed by atoms with Gasteiger partial charge in [-0.2, -0.15) is 26.3 Å². The third-order valence-electron chi connectivity index (χ3n) is 8.62. The van der Waals surface area contributed by atoms with Gasteiger partial charge in [-0.3, -0.25) is 19.5 Å². The van der Waals surface area contributed by atoms with Crippen LogP contribution >= 0.6 is 0 Å². The maximum atomic E-state index is 13.4. The van der Waals surface area contributed by atoms with E-state index < -0.39 is 46.1 Å². The Morgan fingerprint density at radius 2 is 1.63 bits per heavy atom. The molecule has 3 aliphatic rings. The maximum absolute atomic E-state index is 13.4. The van der Waals surface area contributed by atoms with Gasteiger partial charge in [0.05, 0.1) is 22.7 Å². The van der Waals surface area contributed by atoms with E-state index in [1.165, 1.54) is 0 Å². The number of nitrogens with zero attached hydrogens (tertiary/aromatic N) is 2. The molecule has 0 aliphatic carbocycles. The number of hydrogen-bond acceptors (Lipinski definition) is 6. The van der Waals surface area contributed by atoms with Gasteiger partial charge in [0, 0.05) is 29.9 Å². The predicted molar refractivity (Wildman–Crippen MR) is 151 cm³/mol. The minimum Gasteiger partial charge on any atom is -0.372 e. The fraction of sp³-hybridized carbons (Fsp3) is 0.323. The second-order valence-electron chi connectivity index (χ2n) is 11.1. The monoisotopic (exact) mass is 600 g/mol. The highest BCUT2D eigenvalue weighted by Gasteiger charge is 2.44. The lowest BCUT2D eigenvalue weighted by Crippen LogP contribution is -2.56. The van der Waals surface area contributed by atoms with Crippen molar-refractivity contribution >= 4 is 28.0 Å². The standard InChI is InChI=1S/C31H26F6N4O2/c1-2-16-15-41-10-8-17(16)11-24(41)25(22-7-9-38-23-6-4-3-5-21(22)23)40-27-26(28(42)29(27)43)39-20-13-18(30(32,33)34)12-19(14-20)31(35,36)37/h2-7,9,12-14,16-17,24-25,39-40H,1,8,10-11,15H2/t16-,17-,24+,25+/m0/s1. The molecule has 0 saturated carbocycles. The number of piperidine rings is 3.